The number of Topliss-reactive ketones (excluding diaryl/α,β-unsaturated/α-hetero) is 1. The van der Waals surface area contributed by atoms with E-state index >= 15 is 0 Å². The number of para-hydroxylation sites is 1. The molecular weight excluding hydrogens is 268 g/mol. The van der Waals surface area contributed by atoms with Crippen LogP contribution in [0.15, 0.2) is 34.9 Å². The summed E-state index contributed by atoms with van der Waals surface area (Å²) < 4.78 is 5.41. The number of piperazine rings is 1. The first-order valence-electron chi connectivity index (χ1n) is 7.22. The zero-order valence-corrected chi connectivity index (χ0v) is 12.0. The number of hydrogen-bond donors (Lipinski definition) is 1. The summed E-state index contributed by atoms with van der Waals surface area (Å²) in [5.74, 6) is 0.00158. The van der Waals surface area contributed by atoms with Crippen LogP contribution in [0.2, 0.25) is 0 Å². The summed E-state index contributed by atoms with van der Waals surface area (Å²) in [5, 5.41) is 3.67. The van der Waals surface area contributed by atoms with Crippen molar-refractivity contribution in [2.24, 2.45) is 0 Å². The second kappa shape index (κ2) is 5.69. The molecule has 0 bridgehead atoms. The van der Waals surface area contributed by atoms with Crippen LogP contribution in [0.3, 0.4) is 0 Å². The van der Waals surface area contributed by atoms with Crippen LogP contribution < -0.4 is 5.32 Å². The quantitative estimate of drug-likeness (QED) is 0.871. The van der Waals surface area contributed by atoms with Gasteiger partial charge in [-0.3, -0.25) is 14.5 Å². The number of rotatable bonds is 4. The van der Waals surface area contributed by atoms with Gasteiger partial charge in [-0.25, -0.2) is 0 Å². The molecule has 1 unspecified atom stereocenters. The molecule has 110 valence electrons. The van der Waals surface area contributed by atoms with Crippen molar-refractivity contribution in [3.63, 3.8) is 0 Å². The number of carbonyl (C=O) groups excluding carboxylic acids is 2. The normalized spacial score (nSPS) is 19.7. The monoisotopic (exact) mass is 286 g/mol. The fourth-order valence-electron chi connectivity index (χ4n) is 2.86. The summed E-state index contributed by atoms with van der Waals surface area (Å²) in [6.45, 7) is 3.50. The minimum atomic E-state index is -0.221. The molecule has 3 rings (SSSR count). The van der Waals surface area contributed by atoms with Gasteiger partial charge in [0.25, 0.3) is 0 Å². The third kappa shape index (κ3) is 2.56. The third-order valence-electron chi connectivity index (χ3n) is 3.96. The summed E-state index contributed by atoms with van der Waals surface area (Å²) in [6, 6.07) is 7.27. The Morgan fingerprint density at radius 2 is 2.24 bits per heavy atom. The molecule has 1 amide bonds. The molecule has 0 radical (unpaired) electrons. The lowest BCUT2D eigenvalue weighted by Crippen LogP contribution is -2.56. The molecule has 0 saturated carbocycles. The van der Waals surface area contributed by atoms with Gasteiger partial charge in [0.2, 0.25) is 5.91 Å². The van der Waals surface area contributed by atoms with Gasteiger partial charge in [0.1, 0.15) is 11.8 Å². The molecule has 1 aromatic carbocycles. The lowest BCUT2D eigenvalue weighted by atomic mass is 10.1. The van der Waals surface area contributed by atoms with Crippen molar-refractivity contribution in [2.45, 2.75) is 19.4 Å². The first-order chi connectivity index (χ1) is 10.2. The van der Waals surface area contributed by atoms with Gasteiger partial charge in [-0.2, -0.15) is 0 Å². The van der Waals surface area contributed by atoms with Crippen LogP contribution in [0.5, 0.6) is 0 Å². The number of ketones is 1. The van der Waals surface area contributed by atoms with Crippen LogP contribution in [-0.4, -0.2) is 42.3 Å². The molecule has 0 spiro atoms. The van der Waals surface area contributed by atoms with Crippen LogP contribution in [-0.2, 0) is 4.79 Å². The second-order valence-electron chi connectivity index (χ2n) is 5.25. The summed E-state index contributed by atoms with van der Waals surface area (Å²) >= 11 is 0. The van der Waals surface area contributed by atoms with E-state index in [9.17, 15) is 9.59 Å². The molecule has 2 aromatic rings. The van der Waals surface area contributed by atoms with Crippen LogP contribution in [0.1, 0.15) is 23.7 Å². The topological polar surface area (TPSA) is 62.6 Å². The number of amides is 1. The molecule has 0 aliphatic carbocycles. The number of hydrogen-bond acceptors (Lipinski definition) is 4. The Morgan fingerprint density at radius 1 is 1.43 bits per heavy atom. The molecule has 5 heteroatoms. The van der Waals surface area contributed by atoms with Crippen LogP contribution in [0.4, 0.5) is 0 Å². The van der Waals surface area contributed by atoms with Crippen LogP contribution in [0, 0.1) is 0 Å². The fraction of sp³-hybridized carbons (Fsp3) is 0.375. The molecule has 1 atom stereocenters. The van der Waals surface area contributed by atoms with E-state index in [1.54, 1.807) is 0 Å². The van der Waals surface area contributed by atoms with Crippen molar-refractivity contribution in [1.82, 2.24) is 10.2 Å². The van der Waals surface area contributed by atoms with E-state index in [1.165, 1.54) is 6.26 Å². The summed E-state index contributed by atoms with van der Waals surface area (Å²) in [6.07, 6.45) is 2.21. The predicted octanol–water partition coefficient (Wildman–Crippen LogP) is 1.83. The Bertz CT molecular complexity index is 677. The summed E-state index contributed by atoms with van der Waals surface area (Å²) in [4.78, 5) is 26.3. The van der Waals surface area contributed by atoms with Crippen LogP contribution >= 0.6 is 0 Å². The minimum absolute atomic E-state index is 0.00639. The van der Waals surface area contributed by atoms with Crippen molar-refractivity contribution in [3.05, 3.63) is 36.1 Å². The summed E-state index contributed by atoms with van der Waals surface area (Å²) in [7, 11) is 0. The number of furan rings is 1. The second-order valence-corrected chi connectivity index (χ2v) is 5.25. The fourth-order valence-corrected chi connectivity index (χ4v) is 2.86. The molecule has 1 aliphatic rings. The number of carbonyl (C=O) groups is 2. The molecule has 1 N–H and O–H groups in total. The van der Waals surface area contributed by atoms with E-state index in [0.717, 1.165) is 5.39 Å². The van der Waals surface area contributed by atoms with Gasteiger partial charge in [-0.1, -0.05) is 25.1 Å². The highest BCUT2D eigenvalue weighted by atomic mass is 16.3. The Hall–Kier alpha value is -2.14. The smallest absolute Gasteiger partial charge is 0.237 e. The first kappa shape index (κ1) is 13.8. The highest BCUT2D eigenvalue weighted by Gasteiger charge is 2.30. The third-order valence-corrected chi connectivity index (χ3v) is 3.96. The van der Waals surface area contributed by atoms with E-state index in [-0.39, 0.29) is 24.3 Å². The van der Waals surface area contributed by atoms with E-state index in [2.05, 4.69) is 5.32 Å². The first-order valence-corrected chi connectivity index (χ1v) is 7.22. The molecule has 1 aliphatic heterocycles. The van der Waals surface area contributed by atoms with E-state index in [4.69, 9.17) is 4.42 Å². The van der Waals surface area contributed by atoms with E-state index in [0.29, 0.717) is 30.7 Å². The Morgan fingerprint density at radius 3 is 3.05 bits per heavy atom. The zero-order valence-electron chi connectivity index (χ0n) is 12.0. The summed E-state index contributed by atoms with van der Waals surface area (Å²) in [5.41, 5.74) is 1.30. The van der Waals surface area contributed by atoms with Gasteiger partial charge < -0.3 is 9.73 Å². The van der Waals surface area contributed by atoms with Gasteiger partial charge in [0.15, 0.2) is 5.78 Å². The van der Waals surface area contributed by atoms with Gasteiger partial charge in [-0.05, 0) is 12.5 Å². The van der Waals surface area contributed by atoms with Crippen molar-refractivity contribution < 1.29 is 14.0 Å². The standard InChI is InChI=1S/C16H18N2O3/c1-2-13-16(20)17-7-8-18(13)9-14(19)12-10-21-15-6-4-3-5-11(12)15/h3-6,10,13H,2,7-9H2,1H3,(H,17,20). The number of benzene rings is 1. The zero-order chi connectivity index (χ0) is 14.8. The lowest BCUT2D eigenvalue weighted by molar-refractivity contribution is -0.128. The van der Waals surface area contributed by atoms with Gasteiger partial charge in [0, 0.05) is 18.5 Å². The Balaban J connectivity index is 1.81. The maximum atomic E-state index is 12.5. The highest BCUT2D eigenvalue weighted by Crippen LogP contribution is 2.22. The van der Waals surface area contributed by atoms with Gasteiger partial charge in [-0.15, -0.1) is 0 Å². The van der Waals surface area contributed by atoms with Gasteiger partial charge >= 0.3 is 0 Å². The van der Waals surface area contributed by atoms with Crippen molar-refractivity contribution >= 4 is 22.7 Å². The van der Waals surface area contributed by atoms with Crippen LogP contribution in [0.25, 0.3) is 11.0 Å². The maximum Gasteiger partial charge on any atom is 0.237 e. The van der Waals surface area contributed by atoms with Crippen molar-refractivity contribution in [3.8, 4) is 0 Å². The average molecular weight is 286 g/mol. The molecule has 21 heavy (non-hydrogen) atoms. The van der Waals surface area contributed by atoms with Gasteiger partial charge in [0.05, 0.1) is 18.2 Å². The Kier molecular flexibility index (Phi) is 3.75. The Labute approximate surface area is 122 Å². The molecule has 1 saturated heterocycles. The molecular formula is C16H18N2O3. The molecule has 5 nitrogen and oxygen atoms in total. The predicted molar refractivity (Wildman–Crippen MR) is 79.2 cm³/mol. The SMILES string of the molecule is CCC1C(=O)NCCN1CC(=O)c1coc2ccccc12. The number of nitrogens with one attached hydrogen (secondary N) is 1. The molecule has 1 aromatic heterocycles. The molecule has 1 fully saturated rings. The van der Waals surface area contributed by atoms with E-state index in [1.807, 2.05) is 36.1 Å². The average Bonchev–Trinajstić information content (AvgIpc) is 2.91. The van der Waals surface area contributed by atoms with E-state index < -0.39 is 0 Å². The highest BCUT2D eigenvalue weighted by molar-refractivity contribution is 6.08. The molecule has 2 heterocycles. The largest absolute Gasteiger partial charge is 0.464 e. The minimum Gasteiger partial charge on any atom is -0.464 e. The number of nitrogens with zero attached hydrogens (tertiary/aromatic N) is 1. The van der Waals surface area contributed by atoms with Crippen molar-refractivity contribution in [2.75, 3.05) is 19.6 Å². The number of fused-ring (bicyclic) bond motifs is 1. The maximum absolute atomic E-state index is 12.5. The lowest BCUT2D eigenvalue weighted by Gasteiger charge is -2.33. The van der Waals surface area contributed by atoms with Crippen molar-refractivity contribution in [1.29, 1.82) is 0 Å².